The third-order valence-corrected chi connectivity index (χ3v) is 7.59. The maximum absolute atomic E-state index is 13.3. The Labute approximate surface area is 238 Å². The van der Waals surface area contributed by atoms with Gasteiger partial charge in [0.15, 0.2) is 0 Å². The molecule has 0 heterocycles. The van der Waals surface area contributed by atoms with Crippen LogP contribution in [0.4, 0.5) is 26.3 Å². The molecule has 1 aliphatic rings. The summed E-state index contributed by atoms with van der Waals surface area (Å²) in [5.74, 6) is 0. The van der Waals surface area contributed by atoms with Gasteiger partial charge in [-0.1, -0.05) is 91.0 Å². The molecule has 42 heavy (non-hydrogen) atoms. The zero-order valence-electron chi connectivity index (χ0n) is 22.2. The number of benzene rings is 5. The van der Waals surface area contributed by atoms with Crippen LogP contribution in [-0.4, -0.2) is 0 Å². The number of fused-ring (bicyclic) bond motifs is 2. The Kier molecular flexibility index (Phi) is 7.01. The summed E-state index contributed by atoms with van der Waals surface area (Å²) in [6, 6.07) is 28.8. The maximum Gasteiger partial charge on any atom is 0.416 e. The lowest BCUT2D eigenvalue weighted by Gasteiger charge is -2.14. The zero-order valence-corrected chi connectivity index (χ0v) is 22.2. The van der Waals surface area contributed by atoms with Crippen molar-refractivity contribution in [3.63, 3.8) is 0 Å². The molecule has 0 bridgehead atoms. The lowest BCUT2D eigenvalue weighted by molar-refractivity contribution is -0.143. The molecule has 0 aliphatic heterocycles. The largest absolute Gasteiger partial charge is 0.416 e. The van der Waals surface area contributed by atoms with Gasteiger partial charge in [-0.05, 0) is 97.8 Å². The van der Waals surface area contributed by atoms with E-state index in [1.54, 1.807) is 24.3 Å². The average Bonchev–Trinajstić information content (AvgIpc) is 2.96. The van der Waals surface area contributed by atoms with Gasteiger partial charge in [0.25, 0.3) is 0 Å². The van der Waals surface area contributed by atoms with Gasteiger partial charge in [-0.3, -0.25) is 0 Å². The Bertz CT molecular complexity index is 1910. The van der Waals surface area contributed by atoms with Gasteiger partial charge in [-0.2, -0.15) is 26.3 Å². The van der Waals surface area contributed by atoms with Gasteiger partial charge in [0, 0.05) is 0 Å². The highest BCUT2D eigenvalue weighted by molar-refractivity contribution is 5.90. The summed E-state index contributed by atoms with van der Waals surface area (Å²) in [6.45, 7) is 0. The van der Waals surface area contributed by atoms with Gasteiger partial charge in [0.2, 0.25) is 0 Å². The molecule has 0 unspecified atom stereocenters. The molecule has 0 spiro atoms. The highest BCUT2D eigenvalue weighted by Gasteiger charge is 2.37. The van der Waals surface area contributed by atoms with Crippen molar-refractivity contribution in [2.75, 3.05) is 0 Å². The van der Waals surface area contributed by atoms with Crippen LogP contribution in [0.1, 0.15) is 29.5 Å². The van der Waals surface area contributed by atoms with E-state index in [-0.39, 0.29) is 17.2 Å². The van der Waals surface area contributed by atoms with Gasteiger partial charge in [0.1, 0.15) is 0 Å². The summed E-state index contributed by atoms with van der Waals surface area (Å²) in [4.78, 5) is 0. The molecular weight excluding hydrogens is 546 g/mol. The third kappa shape index (κ3) is 5.75. The zero-order chi connectivity index (χ0) is 29.5. The summed E-state index contributed by atoms with van der Waals surface area (Å²) >= 11 is 0. The molecule has 0 nitrogen and oxygen atoms in total. The van der Waals surface area contributed by atoms with Crippen LogP contribution in [-0.2, 0) is 12.4 Å². The molecule has 0 atom stereocenters. The van der Waals surface area contributed by atoms with Crippen molar-refractivity contribution in [2.24, 2.45) is 0 Å². The van der Waals surface area contributed by atoms with E-state index in [0.717, 1.165) is 52.4 Å². The Morgan fingerprint density at radius 1 is 0.452 bits per heavy atom. The summed E-state index contributed by atoms with van der Waals surface area (Å²) in [5, 5.41) is 4.54. The Morgan fingerprint density at radius 3 is 1.60 bits per heavy atom. The fourth-order valence-corrected chi connectivity index (χ4v) is 5.35. The minimum absolute atomic E-state index is 0.141. The second-order valence-electron chi connectivity index (χ2n) is 10.4. The lowest BCUT2D eigenvalue weighted by Crippen LogP contribution is -2.23. The van der Waals surface area contributed by atoms with Crippen LogP contribution in [0.15, 0.2) is 109 Å². The van der Waals surface area contributed by atoms with Crippen molar-refractivity contribution in [3.05, 3.63) is 136 Å². The molecule has 0 aromatic heterocycles. The highest BCUT2D eigenvalue weighted by atomic mass is 19.4. The molecule has 210 valence electrons. The first-order chi connectivity index (χ1) is 20.0. The van der Waals surface area contributed by atoms with Crippen molar-refractivity contribution in [1.29, 1.82) is 0 Å². The van der Waals surface area contributed by atoms with Crippen LogP contribution in [0.5, 0.6) is 0 Å². The van der Waals surface area contributed by atoms with E-state index in [9.17, 15) is 26.3 Å². The maximum atomic E-state index is 13.3. The fraction of sp³-hybridized carbons (Fsp3) is 0.111. The first kappa shape index (κ1) is 27.6. The van der Waals surface area contributed by atoms with E-state index in [0.29, 0.717) is 0 Å². The van der Waals surface area contributed by atoms with Crippen molar-refractivity contribution >= 4 is 28.5 Å². The molecule has 0 saturated heterocycles. The van der Waals surface area contributed by atoms with Crippen molar-refractivity contribution in [1.82, 2.24) is 0 Å². The molecule has 5 aromatic rings. The first-order valence-corrected chi connectivity index (χ1v) is 13.5. The van der Waals surface area contributed by atoms with Gasteiger partial charge < -0.3 is 0 Å². The third-order valence-electron chi connectivity index (χ3n) is 7.59. The smallest absolute Gasteiger partial charge is 0.166 e. The van der Waals surface area contributed by atoms with E-state index < -0.39 is 23.5 Å². The predicted molar refractivity (Wildman–Crippen MR) is 157 cm³/mol. The minimum Gasteiger partial charge on any atom is -0.166 e. The van der Waals surface area contributed by atoms with E-state index in [2.05, 4.69) is 48.6 Å². The Balaban J connectivity index is 1.29. The highest BCUT2D eigenvalue weighted by Crippen LogP contribution is 2.39. The first-order valence-electron chi connectivity index (χ1n) is 13.5. The minimum atomic E-state index is -4.89. The van der Waals surface area contributed by atoms with Crippen LogP contribution >= 0.6 is 0 Å². The van der Waals surface area contributed by atoms with Gasteiger partial charge in [-0.25, -0.2) is 0 Å². The normalized spacial score (nSPS) is 16.7. The Hall–Kier alpha value is -4.58. The number of hydrogen-bond donors (Lipinski definition) is 0. The number of hydrogen-bond acceptors (Lipinski definition) is 0. The second-order valence-corrected chi connectivity index (χ2v) is 10.4. The Morgan fingerprint density at radius 2 is 0.976 bits per heavy atom. The van der Waals surface area contributed by atoms with E-state index in [1.165, 1.54) is 16.0 Å². The van der Waals surface area contributed by atoms with Gasteiger partial charge in [-0.15, -0.1) is 0 Å². The number of alkyl halides is 6. The SMILES string of the molecule is FC(F)(F)c1cc(-c2ccc(-c3ccc4cc(/C5=C/C=c6/cccc/c6=C/CC5)ccc4c3)cc2)cc(C(F)(F)F)c1. The number of halogens is 6. The van der Waals surface area contributed by atoms with Crippen LogP contribution < -0.4 is 10.4 Å². The molecule has 5 aromatic carbocycles. The molecule has 6 rings (SSSR count). The lowest BCUT2D eigenvalue weighted by atomic mass is 9.94. The molecule has 0 fully saturated rings. The average molecular weight is 571 g/mol. The summed E-state index contributed by atoms with van der Waals surface area (Å²) in [6.07, 6.45) is -1.31. The molecule has 0 amide bonds. The van der Waals surface area contributed by atoms with Gasteiger partial charge >= 0.3 is 12.4 Å². The van der Waals surface area contributed by atoms with E-state index in [1.807, 2.05) is 30.3 Å². The summed E-state index contributed by atoms with van der Waals surface area (Å²) in [5.41, 5.74) is 1.57. The summed E-state index contributed by atoms with van der Waals surface area (Å²) in [7, 11) is 0. The molecule has 0 saturated carbocycles. The fourth-order valence-electron chi connectivity index (χ4n) is 5.35. The van der Waals surface area contributed by atoms with Crippen LogP contribution in [0, 0.1) is 0 Å². The molecule has 6 heteroatoms. The molecule has 1 aliphatic carbocycles. The summed E-state index contributed by atoms with van der Waals surface area (Å²) < 4.78 is 79.9. The van der Waals surface area contributed by atoms with Crippen molar-refractivity contribution in [3.8, 4) is 22.3 Å². The monoisotopic (exact) mass is 570 g/mol. The quantitative estimate of drug-likeness (QED) is 0.190. The topological polar surface area (TPSA) is 0 Å². The molecule has 0 radical (unpaired) electrons. The molecular formula is C36H24F6. The number of allylic oxidation sites excluding steroid dienone is 2. The van der Waals surface area contributed by atoms with E-state index >= 15 is 0 Å². The van der Waals surface area contributed by atoms with Gasteiger partial charge in [0.05, 0.1) is 11.1 Å². The second kappa shape index (κ2) is 10.7. The van der Waals surface area contributed by atoms with E-state index in [4.69, 9.17) is 0 Å². The van der Waals surface area contributed by atoms with Crippen molar-refractivity contribution in [2.45, 2.75) is 25.2 Å². The number of rotatable bonds is 3. The predicted octanol–water partition coefficient (Wildman–Crippen LogP) is 9.65. The molecule has 0 N–H and O–H groups in total. The van der Waals surface area contributed by atoms with Crippen LogP contribution in [0.25, 0.3) is 50.8 Å². The standard InChI is InChI=1S/C36H24F6/c37-35(38,39)33-20-32(21-34(22-33)36(40,41)42)27-12-10-26(11-13-27)29-15-17-30-18-28(14-16-31(30)19-29)25-7-3-6-23-4-1-2-5-24(23)8-9-25/h1-2,4-6,8-22H,3,7H2/b23-6-,24-8-,25-9+. The van der Waals surface area contributed by atoms with Crippen LogP contribution in [0.3, 0.4) is 0 Å². The van der Waals surface area contributed by atoms with Crippen molar-refractivity contribution < 1.29 is 26.3 Å². The van der Waals surface area contributed by atoms with Crippen LogP contribution in [0.2, 0.25) is 0 Å².